The Balaban J connectivity index is 1.69. The van der Waals surface area contributed by atoms with Crippen molar-refractivity contribution in [2.45, 2.75) is 103 Å². The monoisotopic (exact) mass is 328 g/mol. The van der Waals surface area contributed by atoms with Gasteiger partial charge in [-0.05, 0) is 30.2 Å². The van der Waals surface area contributed by atoms with E-state index in [0.29, 0.717) is 0 Å². The highest BCUT2D eigenvalue weighted by Gasteiger charge is 2.16. The van der Waals surface area contributed by atoms with Crippen LogP contribution in [0.25, 0.3) is 0 Å². The molecule has 0 aromatic heterocycles. The smallest absolute Gasteiger partial charge is 0.0279 e. The first-order valence-electron chi connectivity index (χ1n) is 10.9. The van der Waals surface area contributed by atoms with Gasteiger partial charge in [0.1, 0.15) is 0 Å². The summed E-state index contributed by atoms with van der Waals surface area (Å²) >= 11 is 0. The van der Waals surface area contributed by atoms with Gasteiger partial charge in [-0.25, -0.2) is 0 Å². The summed E-state index contributed by atoms with van der Waals surface area (Å²) in [7, 11) is 0. The van der Waals surface area contributed by atoms with Gasteiger partial charge in [0.05, 0.1) is 0 Å². The Labute approximate surface area is 151 Å². The van der Waals surface area contributed by atoms with Gasteiger partial charge in [-0.2, -0.15) is 0 Å². The van der Waals surface area contributed by atoms with Crippen LogP contribution in [0.2, 0.25) is 0 Å². The molecule has 0 amide bonds. The van der Waals surface area contributed by atoms with E-state index < -0.39 is 0 Å². The Morgan fingerprint density at radius 3 is 2.33 bits per heavy atom. The summed E-state index contributed by atoms with van der Waals surface area (Å²) in [6, 6.07) is 11.1. The summed E-state index contributed by atoms with van der Waals surface area (Å²) in [4.78, 5) is 0. The predicted molar refractivity (Wildman–Crippen MR) is 107 cm³/mol. The minimum atomic E-state index is 0.993. The van der Waals surface area contributed by atoms with E-state index in [0.717, 1.165) is 11.8 Å². The number of unbranched alkanes of at least 4 members (excludes halogenated alkanes) is 3. The van der Waals surface area contributed by atoms with Crippen molar-refractivity contribution in [3.05, 3.63) is 35.9 Å². The third kappa shape index (κ3) is 8.36. The summed E-state index contributed by atoms with van der Waals surface area (Å²) in [5, 5.41) is 0. The van der Waals surface area contributed by atoms with Crippen molar-refractivity contribution in [1.29, 1.82) is 0 Å². The highest BCUT2D eigenvalue weighted by atomic mass is 14.2. The Hall–Kier alpha value is -0.780. The molecular weight excluding hydrogens is 288 g/mol. The largest absolute Gasteiger partial charge is 0.0654 e. The molecule has 136 valence electrons. The lowest BCUT2D eigenvalue weighted by molar-refractivity contribution is 0.290. The van der Waals surface area contributed by atoms with Crippen LogP contribution < -0.4 is 0 Å². The molecule has 1 fully saturated rings. The number of rotatable bonds is 12. The van der Waals surface area contributed by atoms with Crippen molar-refractivity contribution in [2.75, 3.05) is 0 Å². The Kier molecular flexibility index (Phi) is 10.2. The molecule has 0 spiro atoms. The minimum absolute atomic E-state index is 0.993. The van der Waals surface area contributed by atoms with Gasteiger partial charge in [-0.3, -0.25) is 0 Å². The Morgan fingerprint density at radius 2 is 1.58 bits per heavy atom. The lowest BCUT2D eigenvalue weighted by Crippen LogP contribution is -2.10. The fourth-order valence-electron chi connectivity index (χ4n) is 4.48. The fraction of sp³-hybridized carbons (Fsp3) is 0.750. The van der Waals surface area contributed by atoms with Crippen LogP contribution in [-0.2, 0) is 6.42 Å². The number of hydrogen-bond acceptors (Lipinski definition) is 0. The van der Waals surface area contributed by atoms with E-state index >= 15 is 0 Å². The van der Waals surface area contributed by atoms with Gasteiger partial charge >= 0.3 is 0 Å². The Morgan fingerprint density at radius 1 is 0.833 bits per heavy atom. The van der Waals surface area contributed by atoms with Gasteiger partial charge in [0.25, 0.3) is 0 Å². The number of benzene rings is 1. The highest BCUT2D eigenvalue weighted by Crippen LogP contribution is 2.31. The molecule has 0 heterocycles. The van der Waals surface area contributed by atoms with Gasteiger partial charge in [0.15, 0.2) is 0 Å². The standard InChI is InChI=1S/C24H40/c1-2-3-4-7-15-24(21-20-23-16-10-6-11-17-23)19-12-18-22-13-8-5-9-14-22/h5,8-9,13-14,23-24H,2-4,6-7,10-12,15-21H2,1H3. The Bertz CT molecular complexity index is 388. The molecule has 1 aromatic carbocycles. The summed E-state index contributed by atoms with van der Waals surface area (Å²) in [5.41, 5.74) is 1.52. The normalized spacial score (nSPS) is 17.0. The molecule has 0 heteroatoms. The minimum Gasteiger partial charge on any atom is -0.0654 e. The average Bonchev–Trinajstić information content (AvgIpc) is 2.64. The van der Waals surface area contributed by atoms with Crippen molar-refractivity contribution in [2.24, 2.45) is 11.8 Å². The topological polar surface area (TPSA) is 0 Å². The van der Waals surface area contributed by atoms with E-state index in [1.165, 1.54) is 102 Å². The van der Waals surface area contributed by atoms with Crippen LogP contribution in [-0.4, -0.2) is 0 Å². The highest BCUT2D eigenvalue weighted by molar-refractivity contribution is 5.14. The molecule has 0 saturated heterocycles. The van der Waals surface area contributed by atoms with Crippen LogP contribution in [0.15, 0.2) is 30.3 Å². The van der Waals surface area contributed by atoms with E-state index in [2.05, 4.69) is 37.3 Å². The zero-order valence-electron chi connectivity index (χ0n) is 16.1. The molecule has 2 rings (SSSR count). The molecule has 1 saturated carbocycles. The summed E-state index contributed by atoms with van der Waals surface area (Å²) < 4.78 is 0. The molecule has 0 N–H and O–H groups in total. The van der Waals surface area contributed by atoms with E-state index in [1.807, 2.05) is 0 Å². The second kappa shape index (κ2) is 12.6. The van der Waals surface area contributed by atoms with E-state index in [-0.39, 0.29) is 0 Å². The average molecular weight is 329 g/mol. The fourth-order valence-corrected chi connectivity index (χ4v) is 4.48. The maximum atomic E-state index is 2.32. The van der Waals surface area contributed by atoms with Crippen molar-refractivity contribution in [1.82, 2.24) is 0 Å². The number of hydrogen-bond donors (Lipinski definition) is 0. The van der Waals surface area contributed by atoms with Gasteiger partial charge in [-0.1, -0.05) is 121 Å². The lowest BCUT2D eigenvalue weighted by atomic mass is 9.82. The van der Waals surface area contributed by atoms with Crippen LogP contribution in [0.4, 0.5) is 0 Å². The van der Waals surface area contributed by atoms with Crippen LogP contribution in [0, 0.1) is 11.8 Å². The van der Waals surface area contributed by atoms with E-state index in [9.17, 15) is 0 Å². The van der Waals surface area contributed by atoms with Crippen LogP contribution in [0.1, 0.15) is 102 Å². The van der Waals surface area contributed by atoms with Gasteiger partial charge in [-0.15, -0.1) is 0 Å². The first-order chi connectivity index (χ1) is 11.9. The number of aryl methyl sites for hydroxylation is 1. The van der Waals surface area contributed by atoms with Crippen LogP contribution in [0.3, 0.4) is 0 Å². The quantitative estimate of drug-likeness (QED) is 0.341. The first kappa shape index (κ1) is 19.5. The van der Waals surface area contributed by atoms with E-state index in [1.54, 1.807) is 0 Å². The van der Waals surface area contributed by atoms with Gasteiger partial charge in [0.2, 0.25) is 0 Å². The molecular formula is C24H40. The second-order valence-electron chi connectivity index (χ2n) is 8.17. The predicted octanol–water partition coefficient (Wildman–Crippen LogP) is 7.96. The second-order valence-corrected chi connectivity index (χ2v) is 8.17. The molecule has 0 radical (unpaired) electrons. The zero-order valence-corrected chi connectivity index (χ0v) is 16.1. The van der Waals surface area contributed by atoms with Gasteiger partial charge < -0.3 is 0 Å². The van der Waals surface area contributed by atoms with Crippen molar-refractivity contribution in [3.63, 3.8) is 0 Å². The molecule has 1 unspecified atom stereocenters. The summed E-state index contributed by atoms with van der Waals surface area (Å²) in [6.45, 7) is 2.32. The molecule has 1 aliphatic rings. The molecule has 1 aliphatic carbocycles. The third-order valence-corrected chi connectivity index (χ3v) is 6.09. The molecule has 0 aliphatic heterocycles. The van der Waals surface area contributed by atoms with Crippen molar-refractivity contribution >= 4 is 0 Å². The molecule has 1 aromatic rings. The van der Waals surface area contributed by atoms with Crippen LogP contribution >= 0.6 is 0 Å². The molecule has 0 nitrogen and oxygen atoms in total. The first-order valence-corrected chi connectivity index (χ1v) is 10.9. The maximum absolute atomic E-state index is 2.32. The summed E-state index contributed by atoms with van der Waals surface area (Å²) in [6.07, 6.45) is 21.9. The zero-order chi connectivity index (χ0) is 16.9. The molecule has 24 heavy (non-hydrogen) atoms. The van der Waals surface area contributed by atoms with Crippen molar-refractivity contribution < 1.29 is 0 Å². The van der Waals surface area contributed by atoms with Gasteiger partial charge in [0, 0.05) is 0 Å². The molecule has 1 atom stereocenters. The van der Waals surface area contributed by atoms with E-state index in [4.69, 9.17) is 0 Å². The van der Waals surface area contributed by atoms with Crippen molar-refractivity contribution in [3.8, 4) is 0 Å². The SMILES string of the molecule is CCCCCCC(CCCc1ccccc1)CCC1CCCCC1. The third-order valence-electron chi connectivity index (χ3n) is 6.09. The molecule has 0 bridgehead atoms. The van der Waals surface area contributed by atoms with Crippen LogP contribution in [0.5, 0.6) is 0 Å². The maximum Gasteiger partial charge on any atom is -0.0279 e. The lowest BCUT2D eigenvalue weighted by Gasteiger charge is -2.24. The summed E-state index contributed by atoms with van der Waals surface area (Å²) in [5.74, 6) is 2.05.